The molecule has 0 bridgehead atoms. The number of halogens is 1. The molecule has 0 unspecified atom stereocenters. The van der Waals surface area contributed by atoms with Crippen LogP contribution in [-0.2, 0) is 6.54 Å². The van der Waals surface area contributed by atoms with Gasteiger partial charge in [0, 0.05) is 44.6 Å². The van der Waals surface area contributed by atoms with Gasteiger partial charge in [0.15, 0.2) is 4.77 Å². The van der Waals surface area contributed by atoms with E-state index in [1.807, 2.05) is 4.90 Å². The lowest BCUT2D eigenvalue weighted by atomic mass is 10.1. The molecule has 0 radical (unpaired) electrons. The number of nitrogens with zero attached hydrogens (tertiary/aromatic N) is 3. The number of H-pyrrole nitrogens is 1. The summed E-state index contributed by atoms with van der Waals surface area (Å²) in [6.45, 7) is 5.98. The summed E-state index contributed by atoms with van der Waals surface area (Å²) in [5, 5.41) is 0. The van der Waals surface area contributed by atoms with Gasteiger partial charge in [-0.15, -0.1) is 0 Å². The summed E-state index contributed by atoms with van der Waals surface area (Å²) in [4.78, 5) is 20.3. The zero-order valence-electron chi connectivity index (χ0n) is 16.3. The van der Waals surface area contributed by atoms with Crippen LogP contribution in [0.4, 0.5) is 4.39 Å². The molecule has 2 heterocycles. The standard InChI is InChI=1S/C22H23FN4OS/c1-16-4-2-3-5-17(16)15-25-10-12-26(13-11-25)21(28)20-14-24-22(29)27(20)19-8-6-18(23)7-9-19/h2-9,14H,10-13,15H2,1H3,(H,24,29). The van der Waals surface area contributed by atoms with Gasteiger partial charge in [-0.25, -0.2) is 4.39 Å². The Morgan fingerprint density at radius 3 is 2.45 bits per heavy atom. The molecular weight excluding hydrogens is 387 g/mol. The molecule has 1 aliphatic rings. The second-order valence-corrected chi connectivity index (χ2v) is 7.67. The van der Waals surface area contributed by atoms with E-state index in [9.17, 15) is 9.18 Å². The highest BCUT2D eigenvalue weighted by Crippen LogP contribution is 2.18. The Morgan fingerprint density at radius 1 is 1.07 bits per heavy atom. The Kier molecular flexibility index (Phi) is 5.60. The van der Waals surface area contributed by atoms with E-state index in [2.05, 4.69) is 41.1 Å². The first-order chi connectivity index (χ1) is 14.0. The zero-order valence-corrected chi connectivity index (χ0v) is 17.1. The summed E-state index contributed by atoms with van der Waals surface area (Å²) in [7, 11) is 0. The minimum Gasteiger partial charge on any atom is -0.336 e. The SMILES string of the molecule is Cc1ccccc1CN1CCN(C(=O)c2c[nH]c(=S)n2-c2ccc(F)cc2)CC1. The van der Waals surface area contributed by atoms with E-state index < -0.39 is 0 Å². The van der Waals surface area contributed by atoms with Crippen LogP contribution in [0.1, 0.15) is 21.6 Å². The van der Waals surface area contributed by atoms with Gasteiger partial charge in [-0.1, -0.05) is 24.3 Å². The molecule has 2 aromatic carbocycles. The van der Waals surface area contributed by atoms with E-state index in [0.29, 0.717) is 29.2 Å². The lowest BCUT2D eigenvalue weighted by Crippen LogP contribution is -2.48. The zero-order chi connectivity index (χ0) is 20.4. The summed E-state index contributed by atoms with van der Waals surface area (Å²) < 4.78 is 15.4. The van der Waals surface area contributed by atoms with Gasteiger partial charge < -0.3 is 9.88 Å². The van der Waals surface area contributed by atoms with E-state index >= 15 is 0 Å². The lowest BCUT2D eigenvalue weighted by Gasteiger charge is -2.35. The Morgan fingerprint density at radius 2 is 1.76 bits per heavy atom. The van der Waals surface area contributed by atoms with Crippen molar-refractivity contribution in [2.24, 2.45) is 0 Å². The molecule has 1 amide bonds. The number of imidazole rings is 1. The lowest BCUT2D eigenvalue weighted by molar-refractivity contribution is 0.0620. The molecule has 1 N–H and O–H groups in total. The minimum atomic E-state index is -0.326. The van der Waals surface area contributed by atoms with Crippen molar-refractivity contribution >= 4 is 18.1 Å². The van der Waals surface area contributed by atoms with Gasteiger partial charge in [-0.3, -0.25) is 14.3 Å². The van der Waals surface area contributed by atoms with Gasteiger partial charge in [-0.05, 0) is 54.5 Å². The molecule has 0 atom stereocenters. The van der Waals surface area contributed by atoms with Crippen LogP contribution < -0.4 is 0 Å². The fraction of sp³-hybridized carbons (Fsp3) is 0.273. The highest BCUT2D eigenvalue weighted by molar-refractivity contribution is 7.71. The van der Waals surface area contributed by atoms with Crippen LogP contribution >= 0.6 is 12.2 Å². The second kappa shape index (κ2) is 8.31. The number of hydrogen-bond donors (Lipinski definition) is 1. The molecule has 0 aliphatic carbocycles. The first kappa shape index (κ1) is 19.5. The number of benzene rings is 2. The average Bonchev–Trinajstić information content (AvgIpc) is 3.12. The molecule has 1 fully saturated rings. The molecular formula is C22H23FN4OS. The van der Waals surface area contributed by atoms with E-state index in [0.717, 1.165) is 19.6 Å². The van der Waals surface area contributed by atoms with Crippen LogP contribution in [0.15, 0.2) is 54.7 Å². The fourth-order valence-electron chi connectivity index (χ4n) is 3.67. The van der Waals surface area contributed by atoms with Crippen molar-refractivity contribution in [1.29, 1.82) is 0 Å². The van der Waals surface area contributed by atoms with Crippen molar-refractivity contribution in [2.75, 3.05) is 26.2 Å². The summed E-state index contributed by atoms with van der Waals surface area (Å²) in [6.07, 6.45) is 1.63. The third-order valence-corrected chi connectivity index (χ3v) is 5.70. The van der Waals surface area contributed by atoms with Crippen molar-refractivity contribution < 1.29 is 9.18 Å². The van der Waals surface area contributed by atoms with Gasteiger partial charge in [0.25, 0.3) is 5.91 Å². The largest absolute Gasteiger partial charge is 0.336 e. The molecule has 5 nitrogen and oxygen atoms in total. The van der Waals surface area contributed by atoms with Gasteiger partial charge in [0.2, 0.25) is 0 Å². The monoisotopic (exact) mass is 410 g/mol. The Hall–Kier alpha value is -2.77. The maximum Gasteiger partial charge on any atom is 0.272 e. The Labute approximate surface area is 174 Å². The normalized spacial score (nSPS) is 14.9. The van der Waals surface area contributed by atoms with Crippen LogP contribution in [-0.4, -0.2) is 51.4 Å². The van der Waals surface area contributed by atoms with E-state index in [4.69, 9.17) is 12.2 Å². The predicted molar refractivity (Wildman–Crippen MR) is 113 cm³/mol. The molecule has 0 saturated carbocycles. The van der Waals surface area contributed by atoms with E-state index in [1.54, 1.807) is 22.9 Å². The molecule has 29 heavy (non-hydrogen) atoms. The van der Waals surface area contributed by atoms with Gasteiger partial charge in [-0.2, -0.15) is 0 Å². The number of aromatic amines is 1. The summed E-state index contributed by atoms with van der Waals surface area (Å²) in [5.41, 5.74) is 3.74. The van der Waals surface area contributed by atoms with E-state index in [1.165, 1.54) is 23.3 Å². The Bertz CT molecular complexity index is 1060. The smallest absolute Gasteiger partial charge is 0.272 e. The van der Waals surface area contributed by atoms with Gasteiger partial charge in [0.1, 0.15) is 11.5 Å². The molecule has 1 aliphatic heterocycles. The third-order valence-electron chi connectivity index (χ3n) is 5.40. The van der Waals surface area contributed by atoms with Crippen LogP contribution in [0.2, 0.25) is 0 Å². The number of carbonyl (C=O) groups is 1. The molecule has 1 saturated heterocycles. The molecule has 7 heteroatoms. The van der Waals surface area contributed by atoms with Crippen molar-refractivity contribution in [3.05, 3.63) is 82.1 Å². The molecule has 0 spiro atoms. The number of nitrogens with one attached hydrogen (secondary N) is 1. The molecule has 4 rings (SSSR count). The van der Waals surface area contributed by atoms with Crippen LogP contribution in [0.25, 0.3) is 5.69 Å². The topological polar surface area (TPSA) is 44.3 Å². The van der Waals surface area contributed by atoms with Crippen LogP contribution in [0, 0.1) is 17.5 Å². The summed E-state index contributed by atoms with van der Waals surface area (Å²) in [5.74, 6) is -0.398. The van der Waals surface area contributed by atoms with Crippen molar-refractivity contribution in [3.8, 4) is 5.69 Å². The first-order valence-electron chi connectivity index (χ1n) is 9.65. The van der Waals surface area contributed by atoms with E-state index in [-0.39, 0.29) is 11.7 Å². The van der Waals surface area contributed by atoms with Crippen molar-refractivity contribution in [1.82, 2.24) is 19.4 Å². The number of hydrogen-bond acceptors (Lipinski definition) is 3. The summed E-state index contributed by atoms with van der Waals surface area (Å²) in [6, 6.07) is 14.4. The van der Waals surface area contributed by atoms with Crippen molar-refractivity contribution in [2.45, 2.75) is 13.5 Å². The molecule has 1 aromatic heterocycles. The Balaban J connectivity index is 1.46. The number of aryl methyl sites for hydroxylation is 1. The van der Waals surface area contributed by atoms with Gasteiger partial charge >= 0.3 is 0 Å². The molecule has 3 aromatic rings. The quantitative estimate of drug-likeness (QED) is 0.663. The van der Waals surface area contributed by atoms with Crippen LogP contribution in [0.3, 0.4) is 0 Å². The minimum absolute atomic E-state index is 0.0720. The van der Waals surface area contributed by atoms with Crippen molar-refractivity contribution in [3.63, 3.8) is 0 Å². The first-order valence-corrected chi connectivity index (χ1v) is 10.1. The van der Waals surface area contributed by atoms with Gasteiger partial charge in [0.05, 0.1) is 0 Å². The maximum atomic E-state index is 13.3. The molecule has 150 valence electrons. The maximum absolute atomic E-state index is 13.3. The number of carbonyl (C=O) groups excluding carboxylic acids is 1. The second-order valence-electron chi connectivity index (χ2n) is 7.29. The van der Waals surface area contributed by atoms with Crippen LogP contribution in [0.5, 0.6) is 0 Å². The average molecular weight is 411 g/mol. The number of rotatable bonds is 4. The third kappa shape index (κ3) is 4.16. The predicted octanol–water partition coefficient (Wildman–Crippen LogP) is 3.94. The number of piperazine rings is 1. The highest BCUT2D eigenvalue weighted by atomic mass is 32.1. The number of amides is 1. The summed E-state index contributed by atoms with van der Waals surface area (Å²) >= 11 is 5.35. The highest BCUT2D eigenvalue weighted by Gasteiger charge is 2.25. The fourth-order valence-corrected chi connectivity index (χ4v) is 3.93. The number of aromatic nitrogens is 2.